The smallest absolute Gasteiger partial charge is 0.256 e. The molecule has 2 aliphatic heterocycles. The van der Waals surface area contributed by atoms with Gasteiger partial charge in [-0.3, -0.25) is 14.5 Å². The predicted molar refractivity (Wildman–Crippen MR) is 101 cm³/mol. The third-order valence-electron chi connectivity index (χ3n) is 4.31. The van der Waals surface area contributed by atoms with Crippen LogP contribution in [-0.2, 0) is 16.1 Å². The van der Waals surface area contributed by atoms with Crippen molar-refractivity contribution in [2.75, 3.05) is 11.7 Å². The molecule has 0 saturated carbocycles. The number of nitrogens with zero attached hydrogens (tertiary/aromatic N) is 1. The van der Waals surface area contributed by atoms with Crippen molar-refractivity contribution in [3.8, 4) is 11.5 Å². The Kier molecular flexibility index (Phi) is 4.74. The number of fused-ring (bicyclic) bond motifs is 1. The standard InChI is InChI=1S/C19H14FN3O4S/c20-12-2-4-13(5-3-12)23-18(25)14(17(24)22-19(23)28)9-21-8-11-1-6-15-16(7-11)27-10-26-15/h1-7,9,14H,8,10H2,(H,22,24,28)/p+1/t14-/m1/s1. The molecule has 2 aliphatic rings. The maximum atomic E-state index is 13.2. The minimum atomic E-state index is -1.08. The quantitative estimate of drug-likeness (QED) is 0.438. The number of benzene rings is 2. The molecule has 0 radical (unpaired) electrons. The Labute approximate surface area is 164 Å². The first kappa shape index (κ1) is 18.1. The van der Waals surface area contributed by atoms with Gasteiger partial charge >= 0.3 is 0 Å². The number of carbonyl (C=O) groups is 2. The second-order valence-electron chi connectivity index (χ2n) is 6.16. The number of anilines is 1. The second kappa shape index (κ2) is 7.35. The van der Waals surface area contributed by atoms with Crippen LogP contribution in [0.5, 0.6) is 11.5 Å². The van der Waals surface area contributed by atoms with Crippen LogP contribution in [0.4, 0.5) is 10.1 Å². The van der Waals surface area contributed by atoms with Crippen molar-refractivity contribution in [3.63, 3.8) is 0 Å². The lowest BCUT2D eigenvalue weighted by molar-refractivity contribution is -0.471. The van der Waals surface area contributed by atoms with E-state index in [0.29, 0.717) is 23.7 Å². The lowest BCUT2D eigenvalue weighted by Gasteiger charge is -2.30. The van der Waals surface area contributed by atoms with E-state index < -0.39 is 23.5 Å². The van der Waals surface area contributed by atoms with Crippen molar-refractivity contribution in [3.05, 3.63) is 53.8 Å². The van der Waals surface area contributed by atoms with Gasteiger partial charge in [0.25, 0.3) is 5.91 Å². The summed E-state index contributed by atoms with van der Waals surface area (Å²) in [6, 6.07) is 10.8. The Hall–Kier alpha value is -3.33. The number of halogens is 1. The summed E-state index contributed by atoms with van der Waals surface area (Å²) in [6.07, 6.45) is 1.42. The van der Waals surface area contributed by atoms with E-state index in [-0.39, 0.29) is 11.9 Å². The summed E-state index contributed by atoms with van der Waals surface area (Å²) in [5, 5.41) is 2.46. The highest BCUT2D eigenvalue weighted by Crippen LogP contribution is 2.32. The zero-order chi connectivity index (χ0) is 19.7. The summed E-state index contributed by atoms with van der Waals surface area (Å²) < 4.78 is 23.7. The molecule has 4 rings (SSSR count). The van der Waals surface area contributed by atoms with E-state index in [1.165, 1.54) is 35.4 Å². The summed E-state index contributed by atoms with van der Waals surface area (Å²) >= 11 is 5.10. The molecular formula is C19H15FN3O4S+. The normalized spacial score (nSPS) is 18.7. The largest absolute Gasteiger partial charge is 0.454 e. The zero-order valence-electron chi connectivity index (χ0n) is 14.5. The molecular weight excluding hydrogens is 385 g/mol. The van der Waals surface area contributed by atoms with Crippen molar-refractivity contribution in [1.29, 1.82) is 0 Å². The fraction of sp³-hybridized carbons (Fsp3) is 0.158. The summed E-state index contributed by atoms with van der Waals surface area (Å²) in [5.41, 5.74) is 1.28. The van der Waals surface area contributed by atoms with Gasteiger partial charge in [-0.2, -0.15) is 0 Å². The molecule has 142 valence electrons. The number of hydrogen-bond donors (Lipinski definition) is 2. The second-order valence-corrected chi connectivity index (χ2v) is 6.54. The molecule has 2 heterocycles. The summed E-state index contributed by atoms with van der Waals surface area (Å²) in [5.74, 6) is -1.22. The van der Waals surface area contributed by atoms with Gasteiger partial charge in [0.1, 0.15) is 5.82 Å². The molecule has 7 nitrogen and oxygen atoms in total. The molecule has 0 spiro atoms. The van der Waals surface area contributed by atoms with Crippen molar-refractivity contribution in [1.82, 2.24) is 5.32 Å². The van der Waals surface area contributed by atoms with Gasteiger partial charge < -0.3 is 14.8 Å². The number of carbonyl (C=O) groups excluding carboxylic acids is 2. The molecule has 1 atom stereocenters. The van der Waals surface area contributed by atoms with Crippen LogP contribution in [-0.4, -0.2) is 29.9 Å². The number of amides is 2. The highest BCUT2D eigenvalue weighted by Gasteiger charge is 2.40. The molecule has 28 heavy (non-hydrogen) atoms. The Morgan fingerprint density at radius 1 is 1.18 bits per heavy atom. The average Bonchev–Trinajstić information content (AvgIpc) is 3.13. The van der Waals surface area contributed by atoms with E-state index in [9.17, 15) is 14.0 Å². The minimum absolute atomic E-state index is 0.0398. The van der Waals surface area contributed by atoms with Gasteiger partial charge in [-0.25, -0.2) is 9.38 Å². The number of rotatable bonds is 4. The van der Waals surface area contributed by atoms with Crippen LogP contribution in [0.2, 0.25) is 0 Å². The molecule has 1 saturated heterocycles. The fourth-order valence-electron chi connectivity index (χ4n) is 2.92. The highest BCUT2D eigenvalue weighted by molar-refractivity contribution is 7.80. The van der Waals surface area contributed by atoms with Gasteiger partial charge in [0.05, 0.1) is 5.69 Å². The maximum absolute atomic E-state index is 13.2. The monoisotopic (exact) mass is 400 g/mol. The average molecular weight is 400 g/mol. The predicted octanol–water partition coefficient (Wildman–Crippen LogP) is 0.270. The summed E-state index contributed by atoms with van der Waals surface area (Å²) in [4.78, 5) is 29.2. The summed E-state index contributed by atoms with van der Waals surface area (Å²) in [6.45, 7) is 0.572. The molecule has 1 fully saturated rings. The van der Waals surface area contributed by atoms with Gasteiger partial charge in [-0.05, 0) is 54.7 Å². The van der Waals surface area contributed by atoms with Gasteiger partial charge in [0.15, 0.2) is 35.3 Å². The van der Waals surface area contributed by atoms with Crippen molar-refractivity contribution in [2.24, 2.45) is 5.92 Å². The van der Waals surface area contributed by atoms with Gasteiger partial charge in [0.2, 0.25) is 12.7 Å². The Morgan fingerprint density at radius 2 is 1.93 bits per heavy atom. The molecule has 2 amide bonds. The van der Waals surface area contributed by atoms with Gasteiger partial charge in [0, 0.05) is 5.56 Å². The van der Waals surface area contributed by atoms with E-state index in [0.717, 1.165) is 5.56 Å². The minimum Gasteiger partial charge on any atom is -0.454 e. The van der Waals surface area contributed by atoms with Gasteiger partial charge in [-0.1, -0.05) is 0 Å². The Morgan fingerprint density at radius 3 is 2.71 bits per heavy atom. The first-order valence-electron chi connectivity index (χ1n) is 8.42. The SMILES string of the molecule is O=C1NC(=S)N(c2ccc(F)cc2)C(=O)[C@@H]1C=[NH+]Cc1ccc2c(c1)OCO2. The lowest BCUT2D eigenvalue weighted by atomic mass is 10.1. The number of ether oxygens (including phenoxy) is 2. The molecule has 0 aliphatic carbocycles. The zero-order valence-corrected chi connectivity index (χ0v) is 15.3. The summed E-state index contributed by atoms with van der Waals surface area (Å²) in [7, 11) is 0. The third-order valence-corrected chi connectivity index (χ3v) is 4.60. The third kappa shape index (κ3) is 3.44. The van der Waals surface area contributed by atoms with E-state index >= 15 is 0 Å². The molecule has 9 heteroatoms. The van der Waals surface area contributed by atoms with Crippen LogP contribution in [0.15, 0.2) is 42.5 Å². The van der Waals surface area contributed by atoms with E-state index in [2.05, 4.69) is 10.3 Å². The van der Waals surface area contributed by atoms with E-state index in [4.69, 9.17) is 21.7 Å². The number of thiocarbonyl (C=S) groups is 1. The molecule has 0 aromatic heterocycles. The van der Waals surface area contributed by atoms with Crippen LogP contribution in [0.3, 0.4) is 0 Å². The number of nitrogens with one attached hydrogen (secondary N) is 2. The van der Waals surface area contributed by atoms with Crippen LogP contribution < -0.4 is 24.7 Å². The molecule has 2 aromatic rings. The van der Waals surface area contributed by atoms with Gasteiger partial charge in [-0.15, -0.1) is 0 Å². The molecule has 0 unspecified atom stereocenters. The first-order valence-corrected chi connectivity index (χ1v) is 8.83. The van der Waals surface area contributed by atoms with Crippen molar-refractivity contribution in [2.45, 2.75) is 6.54 Å². The highest BCUT2D eigenvalue weighted by atomic mass is 32.1. The van der Waals surface area contributed by atoms with E-state index in [1.54, 1.807) is 6.07 Å². The van der Waals surface area contributed by atoms with Crippen LogP contribution in [0.1, 0.15) is 5.56 Å². The topological polar surface area (TPSA) is 81.8 Å². The maximum Gasteiger partial charge on any atom is 0.256 e. The molecule has 2 N–H and O–H groups in total. The van der Waals surface area contributed by atoms with Crippen LogP contribution >= 0.6 is 12.2 Å². The van der Waals surface area contributed by atoms with Crippen LogP contribution in [0.25, 0.3) is 0 Å². The first-order chi connectivity index (χ1) is 13.5. The molecule has 2 aromatic carbocycles. The van der Waals surface area contributed by atoms with E-state index in [1.807, 2.05) is 12.1 Å². The Balaban J connectivity index is 1.50. The fourth-order valence-corrected chi connectivity index (χ4v) is 3.21. The molecule has 0 bridgehead atoms. The van der Waals surface area contributed by atoms with Crippen molar-refractivity contribution < 1.29 is 28.4 Å². The number of hydrogen-bond acceptors (Lipinski definition) is 5. The van der Waals surface area contributed by atoms with Crippen LogP contribution in [0, 0.1) is 11.7 Å². The van der Waals surface area contributed by atoms with Crippen molar-refractivity contribution >= 4 is 41.0 Å². The Bertz CT molecular complexity index is 993. The lowest BCUT2D eigenvalue weighted by Crippen LogP contribution is -2.71.